The van der Waals surface area contributed by atoms with E-state index in [1.165, 1.54) is 7.11 Å². The molecule has 0 aliphatic carbocycles. The van der Waals surface area contributed by atoms with Gasteiger partial charge in [0, 0.05) is 11.6 Å². The van der Waals surface area contributed by atoms with Crippen molar-refractivity contribution in [1.82, 2.24) is 0 Å². The molecule has 0 atom stereocenters. The number of methoxy groups -OCH3 is 1. The summed E-state index contributed by atoms with van der Waals surface area (Å²) in [5, 5.41) is 8.63. The monoisotopic (exact) mass is 218 g/mol. The van der Waals surface area contributed by atoms with Crippen LogP contribution in [0.2, 0.25) is 5.02 Å². The molecule has 0 heterocycles. The Hall–Kier alpha value is -1.29. The Bertz CT molecular complexity index is 365. The number of hydrogen-bond acceptors (Lipinski definition) is 2. The molecule has 0 saturated heterocycles. The van der Waals surface area contributed by atoms with Crippen LogP contribution in [0.5, 0.6) is 5.75 Å². The fourth-order valence-electron chi connectivity index (χ4n) is 1.08. The zero-order valence-corrected chi connectivity index (χ0v) is 8.14. The number of ether oxygens (including phenoxy) is 1. The molecule has 0 unspecified atom stereocenters. The lowest BCUT2D eigenvalue weighted by Crippen LogP contribution is -2.03. The molecule has 3 nitrogen and oxygen atoms in total. The van der Waals surface area contributed by atoms with Gasteiger partial charge < -0.3 is 9.84 Å². The largest absolute Gasteiger partial charge is 0.496 e. The second-order valence-corrected chi connectivity index (χ2v) is 3.05. The van der Waals surface area contributed by atoms with Crippen LogP contribution in [0.15, 0.2) is 12.1 Å². The van der Waals surface area contributed by atoms with E-state index in [1.54, 1.807) is 0 Å². The SMILES string of the molecule is COc1cc(F)cc(Cl)c1CC(=O)O. The zero-order valence-electron chi connectivity index (χ0n) is 7.38. The normalized spacial score (nSPS) is 9.93. The highest BCUT2D eigenvalue weighted by Gasteiger charge is 2.13. The highest BCUT2D eigenvalue weighted by atomic mass is 35.5. The number of aliphatic carboxylic acids is 1. The van der Waals surface area contributed by atoms with Gasteiger partial charge in [-0.25, -0.2) is 4.39 Å². The van der Waals surface area contributed by atoms with Gasteiger partial charge in [0.1, 0.15) is 11.6 Å². The Balaban J connectivity index is 3.18. The maximum Gasteiger partial charge on any atom is 0.308 e. The minimum atomic E-state index is -1.04. The van der Waals surface area contributed by atoms with Crippen LogP contribution in [0.1, 0.15) is 5.56 Å². The molecule has 0 aliphatic heterocycles. The number of benzene rings is 1. The maximum atomic E-state index is 12.8. The number of halogens is 2. The summed E-state index contributed by atoms with van der Waals surface area (Å²) in [5.41, 5.74) is 0.281. The average molecular weight is 219 g/mol. The summed E-state index contributed by atoms with van der Waals surface area (Å²) in [6, 6.07) is 2.16. The van der Waals surface area contributed by atoms with Crippen LogP contribution in [-0.2, 0) is 11.2 Å². The van der Waals surface area contributed by atoms with E-state index in [4.69, 9.17) is 21.4 Å². The first-order valence-corrected chi connectivity index (χ1v) is 4.16. The van der Waals surface area contributed by atoms with E-state index in [9.17, 15) is 9.18 Å². The molecule has 0 bridgehead atoms. The zero-order chi connectivity index (χ0) is 10.7. The Morgan fingerprint density at radius 1 is 1.64 bits per heavy atom. The highest BCUT2D eigenvalue weighted by molar-refractivity contribution is 6.31. The van der Waals surface area contributed by atoms with Gasteiger partial charge in [0.2, 0.25) is 0 Å². The van der Waals surface area contributed by atoms with E-state index < -0.39 is 11.8 Å². The van der Waals surface area contributed by atoms with Crippen LogP contribution in [0, 0.1) is 5.82 Å². The third kappa shape index (κ3) is 2.35. The molecule has 0 saturated carbocycles. The average Bonchev–Trinajstić information content (AvgIpc) is 2.08. The van der Waals surface area contributed by atoms with Gasteiger partial charge >= 0.3 is 5.97 Å². The summed E-state index contributed by atoms with van der Waals surface area (Å²) >= 11 is 5.67. The smallest absolute Gasteiger partial charge is 0.308 e. The van der Waals surface area contributed by atoms with Crippen molar-refractivity contribution in [3.8, 4) is 5.75 Å². The predicted octanol–water partition coefficient (Wildman–Crippen LogP) is 2.11. The van der Waals surface area contributed by atoms with Crippen molar-refractivity contribution < 1.29 is 19.0 Å². The second-order valence-electron chi connectivity index (χ2n) is 2.64. The summed E-state index contributed by atoms with van der Waals surface area (Å²) in [5.74, 6) is -1.45. The first-order valence-electron chi connectivity index (χ1n) is 3.78. The Kier molecular flexibility index (Phi) is 3.30. The lowest BCUT2D eigenvalue weighted by molar-refractivity contribution is -0.136. The standard InChI is InChI=1S/C9H8ClFO3/c1-14-8-3-5(11)2-7(10)6(8)4-9(12)13/h2-3H,4H2,1H3,(H,12,13). The predicted molar refractivity (Wildman–Crippen MR) is 49.3 cm³/mol. The van der Waals surface area contributed by atoms with Gasteiger partial charge in [-0.3, -0.25) is 4.79 Å². The van der Waals surface area contributed by atoms with Gasteiger partial charge in [-0.05, 0) is 6.07 Å². The molecular formula is C9H8ClFO3. The molecule has 1 aromatic carbocycles. The van der Waals surface area contributed by atoms with E-state index in [0.717, 1.165) is 12.1 Å². The van der Waals surface area contributed by atoms with Gasteiger partial charge in [-0.15, -0.1) is 0 Å². The van der Waals surface area contributed by atoms with Gasteiger partial charge in [0.25, 0.3) is 0 Å². The van der Waals surface area contributed by atoms with Crippen molar-refractivity contribution in [1.29, 1.82) is 0 Å². The van der Waals surface area contributed by atoms with Crippen molar-refractivity contribution in [3.05, 3.63) is 28.5 Å². The van der Waals surface area contributed by atoms with Crippen LogP contribution in [0.4, 0.5) is 4.39 Å². The third-order valence-electron chi connectivity index (χ3n) is 1.67. The molecule has 0 spiro atoms. The van der Waals surface area contributed by atoms with Crippen molar-refractivity contribution in [2.24, 2.45) is 0 Å². The van der Waals surface area contributed by atoms with Crippen LogP contribution in [-0.4, -0.2) is 18.2 Å². The summed E-state index contributed by atoms with van der Waals surface area (Å²) in [6.07, 6.45) is -0.289. The number of carbonyl (C=O) groups is 1. The Morgan fingerprint density at radius 2 is 2.29 bits per heavy atom. The van der Waals surface area contributed by atoms with Gasteiger partial charge in [-0.2, -0.15) is 0 Å². The van der Waals surface area contributed by atoms with Crippen molar-refractivity contribution in [3.63, 3.8) is 0 Å². The van der Waals surface area contributed by atoms with Crippen molar-refractivity contribution in [2.45, 2.75) is 6.42 Å². The van der Waals surface area contributed by atoms with Crippen molar-refractivity contribution in [2.75, 3.05) is 7.11 Å². The quantitative estimate of drug-likeness (QED) is 0.845. The van der Waals surface area contributed by atoms with E-state index in [1.807, 2.05) is 0 Å². The molecule has 1 rings (SSSR count). The second kappa shape index (κ2) is 4.28. The van der Waals surface area contributed by atoms with Crippen molar-refractivity contribution >= 4 is 17.6 Å². The third-order valence-corrected chi connectivity index (χ3v) is 2.00. The van der Waals surface area contributed by atoms with E-state index >= 15 is 0 Å². The van der Waals surface area contributed by atoms with Crippen LogP contribution in [0.3, 0.4) is 0 Å². The summed E-state index contributed by atoms with van der Waals surface area (Å²) in [7, 11) is 1.33. The summed E-state index contributed by atoms with van der Waals surface area (Å²) < 4.78 is 17.6. The molecular weight excluding hydrogens is 211 g/mol. The first-order chi connectivity index (χ1) is 6.54. The molecule has 76 valence electrons. The van der Waals surface area contributed by atoms with Crippen LogP contribution < -0.4 is 4.74 Å². The summed E-state index contributed by atoms with van der Waals surface area (Å²) in [6.45, 7) is 0. The molecule has 0 fully saturated rings. The molecule has 1 aromatic rings. The molecule has 0 radical (unpaired) electrons. The lowest BCUT2D eigenvalue weighted by Gasteiger charge is -2.08. The fraction of sp³-hybridized carbons (Fsp3) is 0.222. The minimum absolute atomic E-state index is 0.0595. The maximum absolute atomic E-state index is 12.8. The molecule has 0 aliphatic rings. The minimum Gasteiger partial charge on any atom is -0.496 e. The number of hydrogen-bond donors (Lipinski definition) is 1. The molecule has 0 aromatic heterocycles. The molecule has 14 heavy (non-hydrogen) atoms. The van der Waals surface area contributed by atoms with Gasteiger partial charge in [0.05, 0.1) is 18.6 Å². The van der Waals surface area contributed by atoms with E-state index in [-0.39, 0.29) is 22.8 Å². The number of rotatable bonds is 3. The number of carboxylic acids is 1. The highest BCUT2D eigenvalue weighted by Crippen LogP contribution is 2.28. The molecule has 0 amide bonds. The van der Waals surface area contributed by atoms with Crippen LogP contribution >= 0.6 is 11.6 Å². The van der Waals surface area contributed by atoms with E-state index in [2.05, 4.69) is 0 Å². The number of carboxylic acid groups (broad SMARTS) is 1. The first kappa shape index (κ1) is 10.8. The van der Waals surface area contributed by atoms with Crippen LogP contribution in [0.25, 0.3) is 0 Å². The fourth-order valence-corrected chi connectivity index (χ4v) is 1.35. The lowest BCUT2D eigenvalue weighted by atomic mass is 10.1. The van der Waals surface area contributed by atoms with Gasteiger partial charge in [0.15, 0.2) is 0 Å². The molecule has 5 heteroatoms. The summed E-state index contributed by atoms with van der Waals surface area (Å²) in [4.78, 5) is 10.5. The Labute approximate surface area is 85.1 Å². The van der Waals surface area contributed by atoms with Gasteiger partial charge in [-0.1, -0.05) is 11.6 Å². The topological polar surface area (TPSA) is 46.5 Å². The Morgan fingerprint density at radius 3 is 2.79 bits per heavy atom. The molecule has 1 N–H and O–H groups in total. The van der Waals surface area contributed by atoms with E-state index in [0.29, 0.717) is 0 Å².